The van der Waals surface area contributed by atoms with E-state index in [1.54, 1.807) is 12.1 Å². The van der Waals surface area contributed by atoms with E-state index in [1.165, 1.54) is 16.7 Å². The summed E-state index contributed by atoms with van der Waals surface area (Å²) in [5.74, 6) is 0.552. The monoisotopic (exact) mass is 487 g/mol. The molecule has 0 unspecified atom stereocenters. The van der Waals surface area contributed by atoms with Gasteiger partial charge in [0.05, 0.1) is 0 Å². The summed E-state index contributed by atoms with van der Waals surface area (Å²) in [6.07, 6.45) is 4.30. The Hall–Kier alpha value is -1.39. The van der Waals surface area contributed by atoms with Gasteiger partial charge >= 0.3 is 187 Å². The molecule has 0 radical (unpaired) electrons. The van der Waals surface area contributed by atoms with E-state index in [-0.39, 0.29) is 30.3 Å². The zero-order chi connectivity index (χ0) is 21.4. The number of rotatable bonds is 4. The first-order valence-electron chi connectivity index (χ1n) is 10.7. The van der Waals surface area contributed by atoms with Gasteiger partial charge in [0.1, 0.15) is 0 Å². The van der Waals surface area contributed by atoms with Crippen LogP contribution in [0.5, 0.6) is 0 Å². The van der Waals surface area contributed by atoms with Gasteiger partial charge in [-0.05, 0) is 0 Å². The predicted octanol–water partition coefficient (Wildman–Crippen LogP) is 4.84. The molecule has 0 aromatic heterocycles. The van der Waals surface area contributed by atoms with Gasteiger partial charge < -0.3 is 0 Å². The fraction of sp³-hybridized carbons (Fsp3) is 0.440. The van der Waals surface area contributed by atoms with Crippen LogP contribution in [-0.2, 0) is 22.9 Å². The Bertz CT molecular complexity index is 1110. The van der Waals surface area contributed by atoms with Crippen molar-refractivity contribution in [3.8, 4) is 0 Å². The normalized spacial score (nSPS) is 28.2. The molecule has 2 aromatic rings. The van der Waals surface area contributed by atoms with Gasteiger partial charge in [-0.1, -0.05) is 0 Å². The number of sulfonamides is 1. The molecule has 5 rings (SSSR count). The Labute approximate surface area is 186 Å². The van der Waals surface area contributed by atoms with E-state index in [0.29, 0.717) is 10.8 Å². The number of allylic oxidation sites excluding steroid dienone is 1. The van der Waals surface area contributed by atoms with E-state index in [4.69, 9.17) is 0 Å². The first-order chi connectivity index (χ1) is 14.1. The summed E-state index contributed by atoms with van der Waals surface area (Å²) in [7, 11) is -3.53. The number of aryl methyl sites for hydroxylation is 1. The van der Waals surface area contributed by atoms with Crippen LogP contribution in [0.25, 0.3) is 0 Å². The SMILES string of the molecule is C=C1C(C)(C)[C@@H]2CC[C@@]1([Se]NS(=O)(=O)c1ccc(C)cc1)C21Cc2ccccc2C1. The maximum atomic E-state index is 13.1. The number of benzene rings is 2. The summed E-state index contributed by atoms with van der Waals surface area (Å²) < 4.78 is 29.2. The minimum absolute atomic E-state index is 0.0390. The van der Waals surface area contributed by atoms with E-state index >= 15 is 0 Å². The molecule has 3 aliphatic rings. The molecule has 5 heteroatoms. The summed E-state index contributed by atoms with van der Waals surface area (Å²) in [4.78, 5) is 0.354. The zero-order valence-corrected chi connectivity index (χ0v) is 20.4. The zero-order valence-electron chi connectivity index (χ0n) is 17.9. The average molecular weight is 487 g/mol. The molecule has 0 heterocycles. The minimum atomic E-state index is -3.53. The molecule has 2 fully saturated rings. The third-order valence-corrected chi connectivity index (χ3v) is 13.8. The fourth-order valence-corrected chi connectivity index (χ4v) is 12.0. The molecule has 30 heavy (non-hydrogen) atoms. The van der Waals surface area contributed by atoms with Crippen LogP contribution in [0.4, 0.5) is 0 Å². The second-order valence-corrected chi connectivity index (χ2v) is 14.5. The van der Waals surface area contributed by atoms with Gasteiger partial charge in [0.25, 0.3) is 0 Å². The summed E-state index contributed by atoms with van der Waals surface area (Å²) in [5.41, 5.74) is 5.34. The molecule has 1 spiro atoms. The van der Waals surface area contributed by atoms with E-state index in [9.17, 15) is 8.42 Å². The van der Waals surface area contributed by atoms with Gasteiger partial charge in [-0.25, -0.2) is 0 Å². The molecule has 2 aromatic carbocycles. The summed E-state index contributed by atoms with van der Waals surface area (Å²) in [6, 6.07) is 15.9. The Morgan fingerprint density at radius 2 is 1.63 bits per heavy atom. The van der Waals surface area contributed by atoms with Crippen LogP contribution in [0.1, 0.15) is 43.4 Å². The quantitative estimate of drug-likeness (QED) is 0.497. The van der Waals surface area contributed by atoms with Crippen LogP contribution in [-0.4, -0.2) is 23.6 Å². The fourth-order valence-electron chi connectivity index (χ4n) is 6.67. The van der Waals surface area contributed by atoms with Gasteiger partial charge in [0, 0.05) is 0 Å². The van der Waals surface area contributed by atoms with Crippen molar-refractivity contribution in [1.29, 1.82) is 0 Å². The number of hydrogen-bond acceptors (Lipinski definition) is 2. The summed E-state index contributed by atoms with van der Waals surface area (Å²) in [6.45, 7) is 11.2. The van der Waals surface area contributed by atoms with Crippen molar-refractivity contribution >= 4 is 25.2 Å². The summed E-state index contributed by atoms with van der Waals surface area (Å²) in [5, 5.41) is 0. The predicted molar refractivity (Wildman–Crippen MR) is 122 cm³/mol. The molecule has 3 nitrogen and oxygen atoms in total. The molecule has 158 valence electrons. The second kappa shape index (κ2) is 6.56. The van der Waals surface area contributed by atoms with Crippen molar-refractivity contribution in [2.75, 3.05) is 0 Å². The first kappa shape index (κ1) is 20.5. The number of nitrogens with one attached hydrogen (secondary N) is 1. The molecular formula is C25H29NO2SSe. The standard InChI is InChI=1S/C25H29NO2SSe/c1-17-9-11-21(12-10-17)29(27,28)26-30-25-14-13-22(23(3,4)18(25)2)24(25)15-19-7-5-6-8-20(19)16-24/h5-12,22,26H,2,13-16H2,1,3-4H3/t22-,25-/m0/s1. The van der Waals surface area contributed by atoms with E-state index < -0.39 is 10.0 Å². The molecular weight excluding hydrogens is 457 g/mol. The van der Waals surface area contributed by atoms with Crippen LogP contribution in [0.2, 0.25) is 4.31 Å². The number of fused-ring (bicyclic) bond motifs is 1. The Morgan fingerprint density at radius 1 is 1.03 bits per heavy atom. The summed E-state index contributed by atoms with van der Waals surface area (Å²) >= 11 is -0.293. The van der Waals surface area contributed by atoms with Crippen molar-refractivity contribution in [1.82, 2.24) is 3.74 Å². The van der Waals surface area contributed by atoms with E-state index in [2.05, 4.69) is 48.4 Å². The Morgan fingerprint density at radius 3 is 2.23 bits per heavy atom. The van der Waals surface area contributed by atoms with E-state index in [1.807, 2.05) is 19.1 Å². The third-order valence-electron chi connectivity index (χ3n) is 8.18. The van der Waals surface area contributed by atoms with Gasteiger partial charge in [-0.15, -0.1) is 0 Å². The molecule has 2 bridgehead atoms. The van der Waals surface area contributed by atoms with Crippen molar-refractivity contribution in [2.24, 2.45) is 16.7 Å². The second-order valence-electron chi connectivity index (χ2n) is 9.90. The van der Waals surface area contributed by atoms with E-state index in [0.717, 1.165) is 31.2 Å². The topological polar surface area (TPSA) is 46.2 Å². The average Bonchev–Trinajstić information content (AvgIpc) is 3.28. The molecule has 0 amide bonds. The van der Waals surface area contributed by atoms with Crippen molar-refractivity contribution in [3.63, 3.8) is 0 Å². The van der Waals surface area contributed by atoms with Gasteiger partial charge in [-0.3, -0.25) is 0 Å². The number of hydrogen-bond donors (Lipinski definition) is 1. The van der Waals surface area contributed by atoms with Crippen LogP contribution in [0, 0.1) is 23.7 Å². The van der Waals surface area contributed by atoms with Gasteiger partial charge in [0.15, 0.2) is 0 Å². The van der Waals surface area contributed by atoms with Crippen LogP contribution in [0.15, 0.2) is 65.6 Å². The van der Waals surface area contributed by atoms with Gasteiger partial charge in [0.2, 0.25) is 0 Å². The van der Waals surface area contributed by atoms with Crippen LogP contribution < -0.4 is 3.74 Å². The van der Waals surface area contributed by atoms with Crippen molar-refractivity contribution in [2.45, 2.75) is 55.7 Å². The van der Waals surface area contributed by atoms with Crippen molar-refractivity contribution < 1.29 is 8.42 Å². The molecule has 2 saturated carbocycles. The Balaban J connectivity index is 1.52. The van der Waals surface area contributed by atoms with Crippen molar-refractivity contribution in [3.05, 3.63) is 77.4 Å². The molecule has 2 atom stereocenters. The maximum absolute atomic E-state index is 13.1. The molecule has 1 N–H and O–H groups in total. The Kier molecular flexibility index (Phi) is 4.48. The van der Waals surface area contributed by atoms with Crippen LogP contribution in [0.3, 0.4) is 0 Å². The molecule has 3 aliphatic carbocycles. The first-order valence-corrected chi connectivity index (χ1v) is 13.9. The van der Waals surface area contributed by atoms with Crippen LogP contribution >= 0.6 is 0 Å². The third kappa shape index (κ3) is 2.62. The van der Waals surface area contributed by atoms with Gasteiger partial charge in [-0.2, -0.15) is 0 Å². The molecule has 0 saturated heterocycles. The molecule has 0 aliphatic heterocycles.